The van der Waals surface area contributed by atoms with Crippen molar-refractivity contribution in [1.29, 1.82) is 0 Å². The van der Waals surface area contributed by atoms with Crippen molar-refractivity contribution in [3.8, 4) is 0 Å². The number of carboxylic acids is 1. The highest BCUT2D eigenvalue weighted by Gasteiger charge is 2.33. The van der Waals surface area contributed by atoms with Crippen LogP contribution in [0.5, 0.6) is 0 Å². The van der Waals surface area contributed by atoms with Crippen molar-refractivity contribution >= 4 is 11.9 Å². The zero-order valence-corrected chi connectivity index (χ0v) is 13.7. The molecule has 2 N–H and O–H groups in total. The number of nitrogens with zero attached hydrogens (tertiary/aromatic N) is 1. The van der Waals surface area contributed by atoms with Crippen LogP contribution in [0.2, 0.25) is 0 Å². The zero-order valence-electron chi connectivity index (χ0n) is 13.7. The Morgan fingerprint density at radius 2 is 2.04 bits per heavy atom. The van der Waals surface area contributed by atoms with Crippen molar-refractivity contribution in [2.24, 2.45) is 5.41 Å². The van der Waals surface area contributed by atoms with Gasteiger partial charge in [-0.3, -0.25) is 4.79 Å². The van der Waals surface area contributed by atoms with E-state index >= 15 is 0 Å². The van der Waals surface area contributed by atoms with E-state index in [-0.39, 0.29) is 22.6 Å². The van der Waals surface area contributed by atoms with Crippen molar-refractivity contribution in [2.45, 2.75) is 39.0 Å². The highest BCUT2D eigenvalue weighted by atomic mass is 16.5. The maximum atomic E-state index is 12.3. The van der Waals surface area contributed by atoms with Gasteiger partial charge in [0.25, 0.3) is 5.91 Å². The Morgan fingerprint density at radius 1 is 1.35 bits per heavy atom. The summed E-state index contributed by atoms with van der Waals surface area (Å²) in [7, 11) is 1.69. The first-order valence-corrected chi connectivity index (χ1v) is 7.95. The average molecular weight is 320 g/mol. The molecule has 1 aliphatic rings. The zero-order chi connectivity index (χ0) is 16.9. The summed E-state index contributed by atoms with van der Waals surface area (Å²) in [4.78, 5) is 27.4. The van der Waals surface area contributed by atoms with Gasteiger partial charge in [-0.2, -0.15) is 0 Å². The normalized spacial score (nSPS) is 16.3. The smallest absolute Gasteiger partial charge is 0.337 e. The third kappa shape index (κ3) is 4.28. The molecule has 0 unspecified atom stereocenters. The number of rotatable bonds is 7. The number of aromatic nitrogens is 1. The van der Waals surface area contributed by atoms with Gasteiger partial charge < -0.3 is 15.2 Å². The Morgan fingerprint density at radius 3 is 2.61 bits per heavy atom. The molecular formula is C17H24N2O4. The molecule has 0 atom stereocenters. The summed E-state index contributed by atoms with van der Waals surface area (Å²) in [6.07, 6.45) is 5.50. The SMILES string of the molecule is COCCC1(CNC(=O)c2ccc(C(=O)O)c(C)n2)CCCC1. The number of carbonyl (C=O) groups is 2. The molecule has 1 aliphatic carbocycles. The lowest BCUT2D eigenvalue weighted by Crippen LogP contribution is -2.37. The van der Waals surface area contributed by atoms with Crippen LogP contribution in [0.1, 0.15) is 58.6 Å². The van der Waals surface area contributed by atoms with E-state index in [0.29, 0.717) is 18.8 Å². The van der Waals surface area contributed by atoms with Crippen LogP contribution in [0, 0.1) is 12.3 Å². The van der Waals surface area contributed by atoms with E-state index in [1.54, 1.807) is 14.0 Å². The monoisotopic (exact) mass is 320 g/mol. The van der Waals surface area contributed by atoms with Gasteiger partial charge in [0.1, 0.15) is 5.69 Å². The fourth-order valence-corrected chi connectivity index (χ4v) is 3.23. The molecule has 0 radical (unpaired) electrons. The van der Waals surface area contributed by atoms with E-state index < -0.39 is 5.97 Å². The second kappa shape index (κ2) is 7.55. The topological polar surface area (TPSA) is 88.5 Å². The number of methoxy groups -OCH3 is 1. The van der Waals surface area contributed by atoms with Gasteiger partial charge in [0, 0.05) is 20.3 Å². The number of hydrogen-bond donors (Lipinski definition) is 2. The van der Waals surface area contributed by atoms with Crippen molar-refractivity contribution < 1.29 is 19.4 Å². The Hall–Kier alpha value is -1.95. The summed E-state index contributed by atoms with van der Waals surface area (Å²) in [5.41, 5.74) is 0.836. The van der Waals surface area contributed by atoms with Crippen LogP contribution < -0.4 is 5.32 Å². The molecule has 0 aromatic carbocycles. The van der Waals surface area contributed by atoms with E-state index in [0.717, 1.165) is 19.3 Å². The van der Waals surface area contributed by atoms with E-state index in [9.17, 15) is 9.59 Å². The molecule has 1 aromatic heterocycles. The molecule has 6 nitrogen and oxygen atoms in total. The fraction of sp³-hybridized carbons (Fsp3) is 0.588. The maximum Gasteiger partial charge on any atom is 0.337 e. The van der Waals surface area contributed by atoms with Gasteiger partial charge in [-0.1, -0.05) is 12.8 Å². The number of carbonyl (C=O) groups excluding carboxylic acids is 1. The van der Waals surface area contributed by atoms with E-state index in [2.05, 4.69) is 10.3 Å². The summed E-state index contributed by atoms with van der Waals surface area (Å²) in [5, 5.41) is 12.0. The Balaban J connectivity index is 2.01. The molecule has 0 bridgehead atoms. The van der Waals surface area contributed by atoms with Gasteiger partial charge in [0.2, 0.25) is 0 Å². The number of hydrogen-bond acceptors (Lipinski definition) is 4. The van der Waals surface area contributed by atoms with E-state index in [4.69, 9.17) is 9.84 Å². The van der Waals surface area contributed by atoms with Crippen molar-refractivity contribution in [2.75, 3.05) is 20.3 Å². The highest BCUT2D eigenvalue weighted by Crippen LogP contribution is 2.40. The molecule has 1 aromatic rings. The molecule has 0 spiro atoms. The molecule has 0 saturated heterocycles. The van der Waals surface area contributed by atoms with Gasteiger partial charge in [-0.25, -0.2) is 9.78 Å². The predicted octanol–water partition coefficient (Wildman–Crippen LogP) is 2.41. The van der Waals surface area contributed by atoms with Crippen LogP contribution in [-0.2, 0) is 4.74 Å². The third-order valence-electron chi connectivity index (χ3n) is 4.67. The number of aryl methyl sites for hydroxylation is 1. The first kappa shape index (κ1) is 17.4. The summed E-state index contributed by atoms with van der Waals surface area (Å²) < 4.78 is 5.19. The molecule has 1 amide bonds. The number of aromatic carboxylic acids is 1. The average Bonchev–Trinajstić information content (AvgIpc) is 2.99. The third-order valence-corrected chi connectivity index (χ3v) is 4.67. The Labute approximate surface area is 136 Å². The summed E-state index contributed by atoms with van der Waals surface area (Å²) in [6.45, 7) is 2.90. The predicted molar refractivity (Wildman–Crippen MR) is 85.7 cm³/mol. The van der Waals surface area contributed by atoms with Crippen molar-refractivity contribution in [3.05, 3.63) is 29.1 Å². The number of pyridine rings is 1. The van der Waals surface area contributed by atoms with Crippen LogP contribution in [0.3, 0.4) is 0 Å². The number of ether oxygens (including phenoxy) is 1. The number of amides is 1. The second-order valence-electron chi connectivity index (χ2n) is 6.27. The van der Waals surface area contributed by atoms with Gasteiger partial charge in [-0.15, -0.1) is 0 Å². The minimum atomic E-state index is -1.04. The van der Waals surface area contributed by atoms with Gasteiger partial charge >= 0.3 is 5.97 Å². The van der Waals surface area contributed by atoms with Gasteiger partial charge in [-0.05, 0) is 43.7 Å². The largest absolute Gasteiger partial charge is 0.478 e. The van der Waals surface area contributed by atoms with Gasteiger partial charge in [0.05, 0.1) is 11.3 Å². The molecule has 1 fully saturated rings. The van der Waals surface area contributed by atoms with Crippen LogP contribution >= 0.6 is 0 Å². The molecule has 1 saturated carbocycles. The van der Waals surface area contributed by atoms with E-state index in [1.165, 1.54) is 25.0 Å². The highest BCUT2D eigenvalue weighted by molar-refractivity contribution is 5.94. The number of carboxylic acid groups (broad SMARTS) is 1. The van der Waals surface area contributed by atoms with E-state index in [1.807, 2.05) is 0 Å². The van der Waals surface area contributed by atoms with Crippen LogP contribution in [0.15, 0.2) is 12.1 Å². The molecule has 126 valence electrons. The van der Waals surface area contributed by atoms with Crippen LogP contribution in [-0.4, -0.2) is 42.2 Å². The molecule has 2 rings (SSSR count). The fourth-order valence-electron chi connectivity index (χ4n) is 3.23. The molecule has 23 heavy (non-hydrogen) atoms. The first-order chi connectivity index (χ1) is 11.0. The summed E-state index contributed by atoms with van der Waals surface area (Å²) in [6, 6.07) is 2.89. The van der Waals surface area contributed by atoms with Gasteiger partial charge in [0.15, 0.2) is 0 Å². The lowest BCUT2D eigenvalue weighted by Gasteiger charge is -2.29. The Kier molecular flexibility index (Phi) is 5.71. The second-order valence-corrected chi connectivity index (χ2v) is 6.27. The molecule has 6 heteroatoms. The standard InChI is InChI=1S/C17H24N2O4/c1-12-13(16(21)22)5-6-14(19-12)15(20)18-11-17(9-10-23-2)7-3-4-8-17/h5-6H,3-4,7-11H2,1-2H3,(H,18,20)(H,21,22). The number of nitrogens with one attached hydrogen (secondary N) is 1. The first-order valence-electron chi connectivity index (χ1n) is 7.95. The minimum absolute atomic E-state index is 0.113. The molecule has 0 aliphatic heterocycles. The lowest BCUT2D eigenvalue weighted by molar-refractivity contribution is 0.0694. The lowest BCUT2D eigenvalue weighted by atomic mass is 9.83. The molecule has 1 heterocycles. The maximum absolute atomic E-state index is 12.3. The summed E-state index contributed by atoms with van der Waals surface area (Å²) >= 11 is 0. The minimum Gasteiger partial charge on any atom is -0.478 e. The van der Waals surface area contributed by atoms with Crippen molar-refractivity contribution in [1.82, 2.24) is 10.3 Å². The molecular weight excluding hydrogens is 296 g/mol. The quantitative estimate of drug-likeness (QED) is 0.805. The van der Waals surface area contributed by atoms with Crippen molar-refractivity contribution in [3.63, 3.8) is 0 Å². The van der Waals surface area contributed by atoms with Crippen LogP contribution in [0.4, 0.5) is 0 Å². The Bertz CT molecular complexity index is 580. The van der Waals surface area contributed by atoms with Crippen LogP contribution in [0.25, 0.3) is 0 Å². The summed E-state index contributed by atoms with van der Waals surface area (Å²) in [5.74, 6) is -1.29.